The highest BCUT2D eigenvalue weighted by molar-refractivity contribution is 5.76. The summed E-state index contributed by atoms with van der Waals surface area (Å²) in [5.74, 6) is 0.759. The van der Waals surface area contributed by atoms with Crippen LogP contribution >= 0.6 is 0 Å². The van der Waals surface area contributed by atoms with Gasteiger partial charge in [0.2, 0.25) is 0 Å². The largest absolute Gasteiger partial charge is 0.378 e. The van der Waals surface area contributed by atoms with Crippen molar-refractivity contribution in [3.05, 3.63) is 29.8 Å². The van der Waals surface area contributed by atoms with E-state index in [1.54, 1.807) is 0 Å². The second-order valence-corrected chi connectivity index (χ2v) is 5.29. The summed E-state index contributed by atoms with van der Waals surface area (Å²) < 4.78 is 21.1. The number of fused-ring (bicyclic) bond motifs is 1. The molecule has 1 aliphatic carbocycles. The zero-order valence-electron chi connectivity index (χ0n) is 10.6. The van der Waals surface area contributed by atoms with Gasteiger partial charge in [-0.05, 0) is 25.0 Å². The minimum atomic E-state index is -0.229. The van der Waals surface area contributed by atoms with Gasteiger partial charge >= 0.3 is 0 Å². The van der Waals surface area contributed by atoms with E-state index in [0.29, 0.717) is 12.6 Å². The van der Waals surface area contributed by atoms with Crippen LogP contribution in [0.3, 0.4) is 0 Å². The molecule has 19 heavy (non-hydrogen) atoms. The van der Waals surface area contributed by atoms with Crippen LogP contribution in [0.4, 0.5) is 4.39 Å². The van der Waals surface area contributed by atoms with Gasteiger partial charge in [-0.3, -0.25) is 0 Å². The third kappa shape index (κ3) is 1.93. The maximum atomic E-state index is 13.3. The highest BCUT2D eigenvalue weighted by Crippen LogP contribution is 2.40. The molecule has 1 unspecified atom stereocenters. The summed E-state index contributed by atoms with van der Waals surface area (Å²) in [6, 6.07) is 5.50. The van der Waals surface area contributed by atoms with E-state index in [1.807, 2.05) is 6.07 Å². The topological polar surface area (TPSA) is 39.1 Å². The second-order valence-electron chi connectivity index (χ2n) is 5.29. The van der Waals surface area contributed by atoms with Crippen molar-refractivity contribution in [3.8, 4) is 0 Å². The molecule has 0 bridgehead atoms. The van der Waals surface area contributed by atoms with Crippen molar-refractivity contribution in [3.63, 3.8) is 0 Å². The zero-order valence-corrected chi connectivity index (χ0v) is 10.6. The lowest BCUT2D eigenvalue weighted by molar-refractivity contribution is 0.0732. The van der Waals surface area contributed by atoms with Crippen LogP contribution in [0.25, 0.3) is 11.0 Å². The van der Waals surface area contributed by atoms with Crippen molar-refractivity contribution < 1.29 is 9.13 Å². The van der Waals surface area contributed by atoms with E-state index < -0.39 is 0 Å². The molecule has 1 atom stereocenters. The Bertz CT molecular complexity index is 614. The van der Waals surface area contributed by atoms with Gasteiger partial charge in [-0.1, -0.05) is 0 Å². The van der Waals surface area contributed by atoms with Crippen LogP contribution in [0.5, 0.6) is 0 Å². The molecule has 2 fully saturated rings. The molecule has 2 aromatic rings. The molecule has 1 aromatic heterocycles. The van der Waals surface area contributed by atoms with Gasteiger partial charge in [0, 0.05) is 18.7 Å². The van der Waals surface area contributed by atoms with Gasteiger partial charge in [0.1, 0.15) is 11.6 Å². The molecule has 4 nitrogen and oxygen atoms in total. The van der Waals surface area contributed by atoms with Crippen LogP contribution in [0.1, 0.15) is 30.7 Å². The standard InChI is InChI=1S/C14H16FN3O/c15-9-1-4-13-11(7-9)17-14(18(13)10-2-3-10)12-8-19-6-5-16-12/h1,4,7,10,12,16H,2-3,5-6,8H2. The van der Waals surface area contributed by atoms with Crippen molar-refractivity contribution in [2.45, 2.75) is 24.9 Å². The Hall–Kier alpha value is -1.46. The fraction of sp³-hybridized carbons (Fsp3) is 0.500. The van der Waals surface area contributed by atoms with Crippen LogP contribution in [-0.2, 0) is 4.74 Å². The molecule has 4 rings (SSSR count). The summed E-state index contributed by atoms with van der Waals surface area (Å²) in [4.78, 5) is 4.64. The third-order valence-electron chi connectivity index (χ3n) is 3.82. The number of hydrogen-bond acceptors (Lipinski definition) is 3. The maximum Gasteiger partial charge on any atom is 0.129 e. The van der Waals surface area contributed by atoms with E-state index in [9.17, 15) is 4.39 Å². The zero-order chi connectivity index (χ0) is 12.8. The van der Waals surface area contributed by atoms with E-state index in [0.717, 1.165) is 30.0 Å². The van der Waals surface area contributed by atoms with Gasteiger partial charge in [0.05, 0.1) is 30.3 Å². The molecule has 1 saturated heterocycles. The van der Waals surface area contributed by atoms with E-state index in [-0.39, 0.29) is 11.9 Å². The van der Waals surface area contributed by atoms with Crippen molar-refractivity contribution in [2.75, 3.05) is 19.8 Å². The monoisotopic (exact) mass is 261 g/mol. The molecule has 0 amide bonds. The molecule has 0 radical (unpaired) electrons. The number of rotatable bonds is 2. The Kier molecular flexibility index (Phi) is 2.56. The van der Waals surface area contributed by atoms with Gasteiger partial charge in [-0.25, -0.2) is 9.37 Å². The average molecular weight is 261 g/mol. The van der Waals surface area contributed by atoms with Crippen molar-refractivity contribution >= 4 is 11.0 Å². The summed E-state index contributed by atoms with van der Waals surface area (Å²) in [6.07, 6.45) is 2.37. The molecular weight excluding hydrogens is 245 g/mol. The number of nitrogens with one attached hydrogen (secondary N) is 1. The Morgan fingerprint density at radius 3 is 3.00 bits per heavy atom. The van der Waals surface area contributed by atoms with Crippen molar-refractivity contribution in [1.29, 1.82) is 0 Å². The smallest absolute Gasteiger partial charge is 0.129 e. The molecule has 5 heteroatoms. The minimum absolute atomic E-state index is 0.116. The first-order chi connectivity index (χ1) is 9.33. The molecule has 100 valence electrons. The number of aromatic nitrogens is 2. The normalized spacial score (nSPS) is 23.9. The van der Waals surface area contributed by atoms with Crippen molar-refractivity contribution in [2.24, 2.45) is 0 Å². The van der Waals surface area contributed by atoms with Crippen LogP contribution in [0.2, 0.25) is 0 Å². The number of benzene rings is 1. The molecule has 2 aliphatic rings. The van der Waals surface area contributed by atoms with Gasteiger partial charge in [0.25, 0.3) is 0 Å². The Morgan fingerprint density at radius 2 is 2.26 bits per heavy atom. The lowest BCUT2D eigenvalue weighted by Gasteiger charge is -2.24. The van der Waals surface area contributed by atoms with Crippen molar-refractivity contribution in [1.82, 2.24) is 14.9 Å². The van der Waals surface area contributed by atoms with E-state index >= 15 is 0 Å². The highest BCUT2D eigenvalue weighted by atomic mass is 19.1. The van der Waals surface area contributed by atoms with E-state index in [2.05, 4.69) is 14.9 Å². The second kappa shape index (κ2) is 4.28. The highest BCUT2D eigenvalue weighted by Gasteiger charge is 2.31. The lowest BCUT2D eigenvalue weighted by Crippen LogP contribution is -2.36. The summed E-state index contributed by atoms with van der Waals surface area (Å²) >= 11 is 0. The number of imidazole rings is 1. The molecule has 2 heterocycles. The lowest BCUT2D eigenvalue weighted by atomic mass is 10.2. The number of ether oxygens (including phenoxy) is 1. The van der Waals surface area contributed by atoms with Crippen LogP contribution in [0.15, 0.2) is 18.2 Å². The first-order valence-electron chi connectivity index (χ1n) is 6.81. The predicted octanol–water partition coefficient (Wildman–Crippen LogP) is 2.17. The summed E-state index contributed by atoms with van der Waals surface area (Å²) in [5, 5.41) is 3.43. The van der Waals surface area contributed by atoms with Gasteiger partial charge in [-0.2, -0.15) is 0 Å². The SMILES string of the molecule is Fc1ccc2c(c1)nc(C1COCCN1)n2C1CC1. The summed E-state index contributed by atoms with van der Waals surface area (Å²) in [7, 11) is 0. The Morgan fingerprint density at radius 1 is 1.37 bits per heavy atom. The van der Waals surface area contributed by atoms with Gasteiger partial charge in [-0.15, -0.1) is 0 Å². The van der Waals surface area contributed by atoms with Gasteiger partial charge in [0.15, 0.2) is 0 Å². The fourth-order valence-corrected chi connectivity index (χ4v) is 2.78. The Labute approximate surface area is 110 Å². The molecule has 1 N–H and O–H groups in total. The van der Waals surface area contributed by atoms with E-state index in [1.165, 1.54) is 25.0 Å². The molecular formula is C14H16FN3O. The quantitative estimate of drug-likeness (QED) is 0.900. The summed E-state index contributed by atoms with van der Waals surface area (Å²) in [6.45, 7) is 2.22. The van der Waals surface area contributed by atoms with Crippen LogP contribution in [-0.4, -0.2) is 29.3 Å². The van der Waals surface area contributed by atoms with Gasteiger partial charge < -0.3 is 14.6 Å². The van der Waals surface area contributed by atoms with Crippen LogP contribution < -0.4 is 5.32 Å². The van der Waals surface area contributed by atoms with Crippen LogP contribution in [0, 0.1) is 5.82 Å². The molecule has 1 aliphatic heterocycles. The molecule has 1 aromatic carbocycles. The molecule has 0 spiro atoms. The Balaban J connectivity index is 1.85. The first kappa shape index (κ1) is 11.4. The average Bonchev–Trinajstić information content (AvgIpc) is 3.20. The summed E-state index contributed by atoms with van der Waals surface area (Å²) in [5.41, 5.74) is 1.78. The predicted molar refractivity (Wildman–Crippen MR) is 69.5 cm³/mol. The first-order valence-corrected chi connectivity index (χ1v) is 6.81. The number of morpholine rings is 1. The number of halogens is 1. The van der Waals surface area contributed by atoms with E-state index in [4.69, 9.17) is 4.74 Å². The third-order valence-corrected chi connectivity index (χ3v) is 3.82. The number of hydrogen-bond donors (Lipinski definition) is 1. The molecule has 1 saturated carbocycles. The number of nitrogens with zero attached hydrogens (tertiary/aromatic N) is 2. The maximum absolute atomic E-state index is 13.3. The fourth-order valence-electron chi connectivity index (χ4n) is 2.78. The minimum Gasteiger partial charge on any atom is -0.378 e.